The zero-order chi connectivity index (χ0) is 16.4. The fourth-order valence-electron chi connectivity index (χ4n) is 2.20. The number of rotatable bonds is 5. The Morgan fingerprint density at radius 2 is 1.95 bits per heavy atom. The van der Waals surface area contributed by atoms with E-state index in [0.717, 1.165) is 5.56 Å². The highest BCUT2D eigenvalue weighted by Crippen LogP contribution is 2.26. The summed E-state index contributed by atoms with van der Waals surface area (Å²) in [5, 5.41) is 2.92. The summed E-state index contributed by atoms with van der Waals surface area (Å²) in [7, 11) is -1.49. The van der Waals surface area contributed by atoms with E-state index in [1.165, 1.54) is 20.9 Å². The van der Waals surface area contributed by atoms with Crippen LogP contribution >= 0.6 is 11.3 Å². The molecular weight excluding hydrogens is 308 g/mol. The number of carbonyl (C=O) groups excluding carboxylic acids is 1. The summed E-state index contributed by atoms with van der Waals surface area (Å²) in [6, 6.07) is 1.35. The van der Waals surface area contributed by atoms with Crippen molar-refractivity contribution in [3.8, 4) is 0 Å². The van der Waals surface area contributed by atoms with E-state index in [1.54, 1.807) is 25.3 Å². The molecule has 2 atom stereocenters. The quantitative estimate of drug-likeness (QED) is 0.901. The van der Waals surface area contributed by atoms with Crippen molar-refractivity contribution in [1.29, 1.82) is 0 Å². The number of carbonyl (C=O) groups is 1. The van der Waals surface area contributed by atoms with Gasteiger partial charge in [-0.1, -0.05) is 0 Å². The average molecular weight is 332 g/mol. The minimum atomic E-state index is -3.11. The van der Waals surface area contributed by atoms with E-state index in [2.05, 4.69) is 11.4 Å². The third-order valence-electron chi connectivity index (χ3n) is 3.41. The molecule has 0 aliphatic heterocycles. The molecule has 0 radical (unpaired) electrons. The molecule has 0 saturated carbocycles. The normalized spacial score (nSPS) is 14.6. The van der Waals surface area contributed by atoms with Crippen molar-refractivity contribution in [3.63, 3.8) is 0 Å². The van der Waals surface area contributed by atoms with Gasteiger partial charge in [-0.15, -0.1) is 11.3 Å². The van der Waals surface area contributed by atoms with E-state index in [-0.39, 0.29) is 23.9 Å². The van der Waals surface area contributed by atoms with Crippen LogP contribution in [0.5, 0.6) is 0 Å². The molecule has 2 amide bonds. The third kappa shape index (κ3) is 5.32. The zero-order valence-electron chi connectivity index (χ0n) is 13.4. The number of aryl methyl sites for hydroxylation is 2. The Kier molecular flexibility index (Phi) is 5.81. The molecule has 7 heteroatoms. The lowest BCUT2D eigenvalue weighted by Gasteiger charge is -2.26. The molecule has 0 aromatic carbocycles. The number of nitrogens with zero attached hydrogens (tertiary/aromatic N) is 1. The summed E-state index contributed by atoms with van der Waals surface area (Å²) in [5.41, 5.74) is 1.11. The van der Waals surface area contributed by atoms with Crippen LogP contribution in [0, 0.1) is 13.8 Å². The van der Waals surface area contributed by atoms with Gasteiger partial charge in [-0.2, -0.15) is 0 Å². The molecule has 0 fully saturated rings. The number of thiophene rings is 1. The lowest BCUT2D eigenvalue weighted by Crippen LogP contribution is -2.45. The van der Waals surface area contributed by atoms with Gasteiger partial charge < -0.3 is 10.2 Å². The van der Waals surface area contributed by atoms with Crippen LogP contribution < -0.4 is 5.32 Å². The van der Waals surface area contributed by atoms with Crippen molar-refractivity contribution >= 4 is 27.2 Å². The maximum Gasteiger partial charge on any atom is 0.317 e. The second-order valence-corrected chi connectivity index (χ2v) is 9.24. The van der Waals surface area contributed by atoms with E-state index < -0.39 is 9.84 Å². The fraction of sp³-hybridized carbons (Fsp3) is 0.643. The van der Waals surface area contributed by atoms with Crippen LogP contribution in [0.1, 0.15) is 35.2 Å². The molecule has 21 heavy (non-hydrogen) atoms. The maximum atomic E-state index is 12.2. The van der Waals surface area contributed by atoms with Gasteiger partial charge in [0.1, 0.15) is 9.84 Å². The van der Waals surface area contributed by atoms with Gasteiger partial charge in [-0.05, 0) is 39.3 Å². The van der Waals surface area contributed by atoms with Gasteiger partial charge in [0, 0.05) is 29.1 Å². The molecule has 2 unspecified atom stereocenters. The lowest BCUT2D eigenvalue weighted by molar-refractivity contribution is 0.195. The Morgan fingerprint density at radius 1 is 1.38 bits per heavy atom. The Balaban J connectivity index is 2.70. The van der Waals surface area contributed by atoms with Crippen molar-refractivity contribution < 1.29 is 13.2 Å². The molecular formula is C14H24N2O3S2. The minimum Gasteiger partial charge on any atom is -0.331 e. The molecule has 5 nitrogen and oxygen atoms in total. The standard InChI is InChI=1S/C14H24N2O3S2/c1-9(8-21(6,18)19)16(5)14(17)15-11(3)13-7-10(2)20-12(13)4/h7,9,11H,8H2,1-6H3,(H,15,17). The number of sulfone groups is 1. The van der Waals surface area contributed by atoms with Crippen LogP contribution in [0.4, 0.5) is 4.79 Å². The molecule has 1 aromatic heterocycles. The van der Waals surface area contributed by atoms with Gasteiger partial charge in [0.05, 0.1) is 11.8 Å². The van der Waals surface area contributed by atoms with Gasteiger partial charge in [0.25, 0.3) is 0 Å². The Bertz CT molecular complexity index is 608. The molecule has 1 N–H and O–H groups in total. The Hall–Kier alpha value is -1.08. The van der Waals surface area contributed by atoms with E-state index in [0.29, 0.717) is 0 Å². The SMILES string of the molecule is Cc1cc(C(C)NC(=O)N(C)C(C)CS(C)(=O)=O)c(C)s1. The van der Waals surface area contributed by atoms with Crippen LogP contribution in [0.2, 0.25) is 0 Å². The second kappa shape index (κ2) is 6.79. The zero-order valence-corrected chi connectivity index (χ0v) is 15.1. The number of nitrogens with one attached hydrogen (secondary N) is 1. The molecule has 0 aliphatic carbocycles. The molecule has 0 bridgehead atoms. The summed E-state index contributed by atoms with van der Waals surface area (Å²) < 4.78 is 22.6. The first-order valence-electron chi connectivity index (χ1n) is 6.79. The first-order chi connectivity index (χ1) is 9.51. The largest absolute Gasteiger partial charge is 0.331 e. The summed E-state index contributed by atoms with van der Waals surface area (Å²) in [4.78, 5) is 16.0. The predicted molar refractivity (Wildman–Crippen MR) is 87.7 cm³/mol. The molecule has 1 aromatic rings. The van der Waals surface area contributed by atoms with Gasteiger partial charge in [-0.3, -0.25) is 0 Å². The smallest absolute Gasteiger partial charge is 0.317 e. The van der Waals surface area contributed by atoms with Gasteiger partial charge in [-0.25, -0.2) is 13.2 Å². The van der Waals surface area contributed by atoms with Crippen molar-refractivity contribution in [2.75, 3.05) is 19.1 Å². The summed E-state index contributed by atoms with van der Waals surface area (Å²) in [6.45, 7) is 7.73. The van der Waals surface area contributed by atoms with Gasteiger partial charge in [0.2, 0.25) is 0 Å². The van der Waals surface area contributed by atoms with Crippen LogP contribution in [0.3, 0.4) is 0 Å². The van der Waals surface area contributed by atoms with Gasteiger partial charge >= 0.3 is 6.03 Å². The van der Waals surface area contributed by atoms with Crippen molar-refractivity contribution in [2.24, 2.45) is 0 Å². The summed E-state index contributed by atoms with van der Waals surface area (Å²) in [5.74, 6) is -0.0398. The van der Waals surface area contributed by atoms with Crippen LogP contribution in [0.25, 0.3) is 0 Å². The van der Waals surface area contributed by atoms with Crippen molar-refractivity contribution in [1.82, 2.24) is 10.2 Å². The first kappa shape index (κ1) is 18.0. The lowest BCUT2D eigenvalue weighted by atomic mass is 10.1. The minimum absolute atomic E-state index is 0.0398. The number of hydrogen-bond donors (Lipinski definition) is 1. The molecule has 1 rings (SSSR count). The summed E-state index contributed by atoms with van der Waals surface area (Å²) in [6.07, 6.45) is 1.18. The van der Waals surface area contributed by atoms with E-state index >= 15 is 0 Å². The molecule has 1 heterocycles. The molecule has 0 aliphatic rings. The fourth-order valence-corrected chi connectivity index (χ4v) is 4.32. The van der Waals surface area contributed by atoms with Crippen molar-refractivity contribution in [2.45, 2.75) is 39.8 Å². The number of amides is 2. The van der Waals surface area contributed by atoms with Crippen LogP contribution in [-0.4, -0.2) is 44.4 Å². The maximum absolute atomic E-state index is 12.2. The first-order valence-corrected chi connectivity index (χ1v) is 9.67. The number of urea groups is 1. The van der Waals surface area contributed by atoms with E-state index in [9.17, 15) is 13.2 Å². The van der Waals surface area contributed by atoms with Crippen LogP contribution in [0.15, 0.2) is 6.07 Å². The number of hydrogen-bond acceptors (Lipinski definition) is 4. The molecule has 120 valence electrons. The van der Waals surface area contributed by atoms with Crippen molar-refractivity contribution in [3.05, 3.63) is 21.4 Å². The van der Waals surface area contributed by atoms with E-state index in [1.807, 2.05) is 20.8 Å². The predicted octanol–water partition coefficient (Wildman–Crippen LogP) is 2.50. The Morgan fingerprint density at radius 3 is 2.38 bits per heavy atom. The third-order valence-corrected chi connectivity index (χ3v) is 5.48. The second-order valence-electron chi connectivity index (χ2n) is 5.59. The average Bonchev–Trinajstić information content (AvgIpc) is 2.65. The molecule has 0 spiro atoms. The summed E-state index contributed by atoms with van der Waals surface area (Å²) >= 11 is 1.70. The monoisotopic (exact) mass is 332 g/mol. The highest BCUT2D eigenvalue weighted by atomic mass is 32.2. The topological polar surface area (TPSA) is 66.5 Å². The van der Waals surface area contributed by atoms with Gasteiger partial charge in [0.15, 0.2) is 0 Å². The molecule has 0 saturated heterocycles. The van der Waals surface area contributed by atoms with E-state index in [4.69, 9.17) is 0 Å². The highest BCUT2D eigenvalue weighted by molar-refractivity contribution is 7.90. The Labute approximate surface area is 131 Å². The highest BCUT2D eigenvalue weighted by Gasteiger charge is 2.22. The van der Waals surface area contributed by atoms with Crippen LogP contribution in [-0.2, 0) is 9.84 Å².